The SMILES string of the molecule is Cc1nc(-n2nc(C3CC3)cc2NC(=O)c2cc(C3CC3)on2)[nH]c(=O)c1C. The molecule has 9 nitrogen and oxygen atoms in total. The first-order valence-electron chi connectivity index (χ1n) is 9.45. The van der Waals surface area contributed by atoms with Gasteiger partial charge in [-0.25, -0.2) is 4.98 Å². The lowest BCUT2D eigenvalue weighted by molar-refractivity contribution is 0.101. The maximum Gasteiger partial charge on any atom is 0.279 e. The molecule has 28 heavy (non-hydrogen) atoms. The molecular formula is C19H20N6O3. The number of carbonyl (C=O) groups excluding carboxylic acids is 1. The molecular weight excluding hydrogens is 360 g/mol. The maximum atomic E-state index is 12.7. The second-order valence-electron chi connectivity index (χ2n) is 7.58. The van der Waals surface area contributed by atoms with E-state index < -0.39 is 0 Å². The number of carbonyl (C=O) groups is 1. The van der Waals surface area contributed by atoms with Crippen molar-refractivity contribution in [3.63, 3.8) is 0 Å². The lowest BCUT2D eigenvalue weighted by atomic mass is 10.2. The molecule has 0 aromatic carbocycles. The van der Waals surface area contributed by atoms with Crippen LogP contribution in [0.5, 0.6) is 0 Å². The summed E-state index contributed by atoms with van der Waals surface area (Å²) >= 11 is 0. The van der Waals surface area contributed by atoms with Crippen molar-refractivity contribution in [3.8, 4) is 5.95 Å². The van der Waals surface area contributed by atoms with Crippen LogP contribution in [0.3, 0.4) is 0 Å². The Bertz CT molecular complexity index is 1130. The van der Waals surface area contributed by atoms with Gasteiger partial charge in [0.05, 0.1) is 5.69 Å². The molecule has 144 valence electrons. The van der Waals surface area contributed by atoms with Gasteiger partial charge in [0.25, 0.3) is 11.5 Å². The summed E-state index contributed by atoms with van der Waals surface area (Å²) in [6.45, 7) is 3.49. The number of H-pyrrole nitrogens is 1. The number of rotatable bonds is 5. The van der Waals surface area contributed by atoms with Crippen LogP contribution in [0.25, 0.3) is 5.95 Å². The number of nitrogens with one attached hydrogen (secondary N) is 2. The van der Waals surface area contributed by atoms with Crippen molar-refractivity contribution < 1.29 is 9.32 Å². The van der Waals surface area contributed by atoms with E-state index in [0.29, 0.717) is 28.9 Å². The standard InChI is InChI=1S/C19H20N6O3/c1-9-10(2)20-19(22-17(9)26)25-16(8-13(23-25)11-3-4-11)21-18(27)14-7-15(28-24-14)12-5-6-12/h7-8,11-12H,3-6H2,1-2H3,(H,21,27)(H,20,22,26). The van der Waals surface area contributed by atoms with Crippen LogP contribution in [-0.2, 0) is 0 Å². The van der Waals surface area contributed by atoms with Crippen LogP contribution in [0.4, 0.5) is 5.82 Å². The summed E-state index contributed by atoms with van der Waals surface area (Å²) in [6, 6.07) is 3.51. The predicted octanol–water partition coefficient (Wildman–Crippen LogP) is 2.57. The molecule has 0 saturated heterocycles. The number of amides is 1. The number of aryl methyl sites for hydroxylation is 1. The quantitative estimate of drug-likeness (QED) is 0.702. The lowest BCUT2D eigenvalue weighted by Gasteiger charge is -2.08. The van der Waals surface area contributed by atoms with Gasteiger partial charge in [0, 0.05) is 35.2 Å². The van der Waals surface area contributed by atoms with E-state index in [9.17, 15) is 9.59 Å². The minimum atomic E-state index is -0.384. The first-order valence-corrected chi connectivity index (χ1v) is 9.45. The molecule has 2 saturated carbocycles. The van der Waals surface area contributed by atoms with Gasteiger partial charge in [-0.3, -0.25) is 14.6 Å². The Labute approximate surface area is 160 Å². The van der Waals surface area contributed by atoms with Gasteiger partial charge in [-0.2, -0.15) is 9.78 Å². The second kappa shape index (κ2) is 6.15. The van der Waals surface area contributed by atoms with Crippen LogP contribution in [0.1, 0.15) is 70.7 Å². The van der Waals surface area contributed by atoms with Gasteiger partial charge in [0.2, 0.25) is 5.95 Å². The summed E-state index contributed by atoms with van der Waals surface area (Å²) in [5, 5.41) is 11.3. The molecule has 3 heterocycles. The topological polar surface area (TPSA) is 119 Å². The van der Waals surface area contributed by atoms with E-state index in [1.165, 1.54) is 4.68 Å². The van der Waals surface area contributed by atoms with Gasteiger partial charge < -0.3 is 9.84 Å². The minimum Gasteiger partial charge on any atom is -0.360 e. The van der Waals surface area contributed by atoms with Gasteiger partial charge in [-0.05, 0) is 39.5 Å². The predicted molar refractivity (Wildman–Crippen MR) is 99.9 cm³/mol. The van der Waals surface area contributed by atoms with Crippen molar-refractivity contribution in [2.24, 2.45) is 0 Å². The van der Waals surface area contributed by atoms with E-state index in [1.54, 1.807) is 19.9 Å². The molecule has 0 atom stereocenters. The molecule has 0 unspecified atom stereocenters. The van der Waals surface area contributed by atoms with Crippen molar-refractivity contribution in [1.82, 2.24) is 24.9 Å². The number of aromatic nitrogens is 5. The van der Waals surface area contributed by atoms with E-state index in [2.05, 4.69) is 25.5 Å². The van der Waals surface area contributed by atoms with Gasteiger partial charge in [0.15, 0.2) is 5.69 Å². The Morgan fingerprint density at radius 3 is 2.64 bits per heavy atom. The van der Waals surface area contributed by atoms with Gasteiger partial charge >= 0.3 is 0 Å². The Balaban J connectivity index is 1.49. The lowest BCUT2D eigenvalue weighted by Crippen LogP contribution is -2.21. The van der Waals surface area contributed by atoms with E-state index >= 15 is 0 Å². The van der Waals surface area contributed by atoms with Crippen LogP contribution < -0.4 is 10.9 Å². The van der Waals surface area contributed by atoms with E-state index in [-0.39, 0.29) is 23.1 Å². The highest BCUT2D eigenvalue weighted by atomic mass is 16.5. The summed E-state index contributed by atoms with van der Waals surface area (Å²) in [6.07, 6.45) is 4.27. The monoisotopic (exact) mass is 380 g/mol. The molecule has 0 spiro atoms. The zero-order chi connectivity index (χ0) is 19.4. The molecule has 2 aliphatic rings. The molecule has 9 heteroatoms. The van der Waals surface area contributed by atoms with Crippen LogP contribution in [-0.4, -0.2) is 30.8 Å². The molecule has 0 bridgehead atoms. The van der Waals surface area contributed by atoms with Gasteiger partial charge in [0.1, 0.15) is 11.6 Å². The van der Waals surface area contributed by atoms with Crippen molar-refractivity contribution >= 4 is 11.7 Å². The van der Waals surface area contributed by atoms with Crippen LogP contribution in [0, 0.1) is 13.8 Å². The molecule has 3 aromatic rings. The van der Waals surface area contributed by atoms with Gasteiger partial charge in [-0.15, -0.1) is 0 Å². The average molecular weight is 380 g/mol. The maximum absolute atomic E-state index is 12.7. The summed E-state index contributed by atoms with van der Waals surface area (Å²) in [5.74, 6) is 1.83. The average Bonchev–Trinajstić information content (AvgIpc) is 3.61. The summed E-state index contributed by atoms with van der Waals surface area (Å²) in [4.78, 5) is 32.0. The third-order valence-corrected chi connectivity index (χ3v) is 5.29. The fraction of sp³-hybridized carbons (Fsp3) is 0.421. The molecule has 2 aliphatic carbocycles. The highest BCUT2D eigenvalue weighted by Gasteiger charge is 2.30. The largest absolute Gasteiger partial charge is 0.360 e. The third kappa shape index (κ3) is 3.02. The number of hydrogen-bond donors (Lipinski definition) is 2. The van der Waals surface area contributed by atoms with E-state index in [4.69, 9.17) is 4.52 Å². The van der Waals surface area contributed by atoms with Crippen molar-refractivity contribution in [3.05, 3.63) is 50.9 Å². The van der Waals surface area contributed by atoms with Crippen LogP contribution in [0.2, 0.25) is 0 Å². The molecule has 2 N–H and O–H groups in total. The number of aromatic amines is 1. The first kappa shape index (κ1) is 16.9. The zero-order valence-electron chi connectivity index (χ0n) is 15.7. The van der Waals surface area contributed by atoms with Crippen LogP contribution in [0.15, 0.2) is 21.5 Å². The van der Waals surface area contributed by atoms with E-state index in [1.807, 2.05) is 6.07 Å². The Morgan fingerprint density at radius 1 is 1.21 bits per heavy atom. The van der Waals surface area contributed by atoms with Crippen molar-refractivity contribution in [2.75, 3.05) is 5.32 Å². The van der Waals surface area contributed by atoms with E-state index in [0.717, 1.165) is 37.1 Å². The molecule has 3 aromatic heterocycles. The van der Waals surface area contributed by atoms with Gasteiger partial charge in [-0.1, -0.05) is 5.16 Å². The Kier molecular flexibility index (Phi) is 3.71. The van der Waals surface area contributed by atoms with Crippen molar-refractivity contribution in [2.45, 2.75) is 51.4 Å². The highest BCUT2D eigenvalue weighted by molar-refractivity contribution is 6.02. The third-order valence-electron chi connectivity index (χ3n) is 5.29. The normalized spacial score (nSPS) is 16.4. The Hall–Kier alpha value is -3.23. The Morgan fingerprint density at radius 2 is 1.96 bits per heavy atom. The fourth-order valence-electron chi connectivity index (χ4n) is 3.10. The smallest absolute Gasteiger partial charge is 0.279 e. The molecule has 1 amide bonds. The molecule has 0 aliphatic heterocycles. The number of anilines is 1. The number of hydrogen-bond acceptors (Lipinski definition) is 6. The molecule has 5 rings (SSSR count). The summed E-state index contributed by atoms with van der Waals surface area (Å²) in [5.41, 5.74) is 2.04. The molecule has 2 fully saturated rings. The van der Waals surface area contributed by atoms with Crippen molar-refractivity contribution in [1.29, 1.82) is 0 Å². The highest BCUT2D eigenvalue weighted by Crippen LogP contribution is 2.41. The zero-order valence-corrected chi connectivity index (χ0v) is 15.7. The summed E-state index contributed by atoms with van der Waals surface area (Å²) < 4.78 is 6.74. The molecule has 0 radical (unpaired) electrons. The second-order valence-corrected chi connectivity index (χ2v) is 7.58. The first-order chi connectivity index (χ1) is 13.5. The minimum absolute atomic E-state index is 0.226. The van der Waals surface area contributed by atoms with Crippen LogP contribution >= 0.6 is 0 Å². The number of nitrogens with zero attached hydrogens (tertiary/aromatic N) is 4. The summed E-state index contributed by atoms with van der Waals surface area (Å²) in [7, 11) is 0. The fourth-order valence-corrected chi connectivity index (χ4v) is 3.10.